The normalized spacial score (nSPS) is 9.94. The van der Waals surface area contributed by atoms with E-state index >= 15 is 0 Å². The Labute approximate surface area is 105 Å². The maximum absolute atomic E-state index is 11.8. The van der Waals surface area contributed by atoms with Crippen molar-refractivity contribution in [3.8, 4) is 0 Å². The molecule has 2 amide bonds. The second-order valence-corrected chi connectivity index (χ2v) is 3.48. The number of hydrogen-bond acceptors (Lipinski definition) is 5. The summed E-state index contributed by atoms with van der Waals surface area (Å²) in [6.07, 6.45) is 0.843. The minimum Gasteiger partial charge on any atom is -0.453 e. The molecule has 8 nitrogen and oxygen atoms in total. The largest absolute Gasteiger partial charge is 0.453 e. The molecule has 0 aromatic carbocycles. The fraction of sp³-hybridized carbons (Fsp3) is 0.600. The smallest absolute Gasteiger partial charge is 0.412 e. The van der Waals surface area contributed by atoms with Crippen LogP contribution in [0.1, 0.15) is 13.8 Å². The van der Waals surface area contributed by atoms with E-state index in [4.69, 9.17) is 0 Å². The molecule has 1 heterocycles. The van der Waals surface area contributed by atoms with Crippen LogP contribution in [0, 0.1) is 0 Å². The van der Waals surface area contributed by atoms with Gasteiger partial charge in [-0.15, -0.1) is 5.10 Å². The van der Waals surface area contributed by atoms with E-state index in [1.54, 1.807) is 4.90 Å². The van der Waals surface area contributed by atoms with Crippen molar-refractivity contribution in [3.63, 3.8) is 0 Å². The number of anilines is 1. The number of methoxy groups -OCH3 is 1. The molecule has 18 heavy (non-hydrogen) atoms. The molecule has 100 valence electrons. The number of rotatable bonds is 5. The first-order valence-electron chi connectivity index (χ1n) is 5.63. The molecule has 0 spiro atoms. The Morgan fingerprint density at radius 2 is 2.11 bits per heavy atom. The fourth-order valence-electron chi connectivity index (χ4n) is 1.40. The van der Waals surface area contributed by atoms with Gasteiger partial charge in [-0.3, -0.25) is 10.1 Å². The van der Waals surface area contributed by atoms with Gasteiger partial charge in [0.2, 0.25) is 5.91 Å². The number of nitrogens with zero attached hydrogens (tertiary/aromatic N) is 4. The van der Waals surface area contributed by atoms with Gasteiger partial charge in [0.25, 0.3) is 0 Å². The highest BCUT2D eigenvalue weighted by Crippen LogP contribution is 2.01. The molecule has 0 radical (unpaired) electrons. The van der Waals surface area contributed by atoms with Gasteiger partial charge in [0.1, 0.15) is 6.54 Å². The van der Waals surface area contributed by atoms with Crippen LogP contribution in [0.2, 0.25) is 0 Å². The second-order valence-electron chi connectivity index (χ2n) is 3.48. The molecule has 0 aliphatic heterocycles. The molecule has 0 saturated carbocycles. The second kappa shape index (κ2) is 6.58. The van der Waals surface area contributed by atoms with Crippen LogP contribution < -0.4 is 5.32 Å². The summed E-state index contributed by atoms with van der Waals surface area (Å²) in [5.74, 6) is 0.198. The van der Waals surface area contributed by atoms with Gasteiger partial charge in [-0.2, -0.15) is 0 Å². The van der Waals surface area contributed by atoms with Gasteiger partial charge in [-0.25, -0.2) is 9.48 Å². The van der Waals surface area contributed by atoms with Gasteiger partial charge in [0, 0.05) is 13.1 Å². The lowest BCUT2D eigenvalue weighted by Crippen LogP contribution is -2.33. The molecule has 0 saturated heterocycles. The van der Waals surface area contributed by atoms with Crippen molar-refractivity contribution < 1.29 is 14.3 Å². The molecule has 1 aromatic rings. The van der Waals surface area contributed by atoms with E-state index in [2.05, 4.69) is 20.4 Å². The Morgan fingerprint density at radius 1 is 1.44 bits per heavy atom. The van der Waals surface area contributed by atoms with Crippen LogP contribution in [0.5, 0.6) is 0 Å². The number of hydrogen-bond donors (Lipinski definition) is 1. The molecule has 0 fully saturated rings. The zero-order chi connectivity index (χ0) is 13.5. The summed E-state index contributed by atoms with van der Waals surface area (Å²) in [7, 11) is 1.25. The molecular weight excluding hydrogens is 238 g/mol. The number of carbonyl (C=O) groups is 2. The third-order valence-electron chi connectivity index (χ3n) is 2.37. The zero-order valence-corrected chi connectivity index (χ0v) is 10.7. The molecule has 1 N–H and O–H groups in total. The average Bonchev–Trinajstić information content (AvgIpc) is 2.77. The highest BCUT2D eigenvalue weighted by Gasteiger charge is 2.12. The van der Waals surface area contributed by atoms with Crippen LogP contribution >= 0.6 is 0 Å². The highest BCUT2D eigenvalue weighted by atomic mass is 16.5. The molecule has 0 unspecified atom stereocenters. The number of ether oxygens (including phenoxy) is 1. The van der Waals surface area contributed by atoms with Crippen LogP contribution in [0.3, 0.4) is 0 Å². The van der Waals surface area contributed by atoms with Crippen LogP contribution in [0.25, 0.3) is 0 Å². The predicted molar refractivity (Wildman–Crippen MR) is 64.0 cm³/mol. The monoisotopic (exact) mass is 255 g/mol. The average molecular weight is 255 g/mol. The summed E-state index contributed by atoms with van der Waals surface area (Å²) >= 11 is 0. The third-order valence-corrected chi connectivity index (χ3v) is 2.37. The number of amides is 2. The van der Waals surface area contributed by atoms with Crippen molar-refractivity contribution in [2.24, 2.45) is 0 Å². The van der Waals surface area contributed by atoms with Gasteiger partial charge in [-0.1, -0.05) is 5.21 Å². The summed E-state index contributed by atoms with van der Waals surface area (Å²) in [6.45, 7) is 5.21. The van der Waals surface area contributed by atoms with E-state index in [-0.39, 0.29) is 18.3 Å². The number of likely N-dealkylation sites (N-methyl/N-ethyl adjacent to an activating group) is 1. The molecule has 0 aliphatic carbocycles. The van der Waals surface area contributed by atoms with Crippen molar-refractivity contribution in [2.45, 2.75) is 20.4 Å². The number of aromatic nitrogens is 3. The lowest BCUT2D eigenvalue weighted by Gasteiger charge is -2.17. The van der Waals surface area contributed by atoms with Gasteiger partial charge in [-0.05, 0) is 13.8 Å². The van der Waals surface area contributed by atoms with Gasteiger partial charge in [0.15, 0.2) is 5.82 Å². The summed E-state index contributed by atoms with van der Waals surface area (Å²) in [4.78, 5) is 24.4. The van der Waals surface area contributed by atoms with Crippen molar-refractivity contribution >= 4 is 17.8 Å². The Morgan fingerprint density at radius 3 is 2.67 bits per heavy atom. The van der Waals surface area contributed by atoms with Gasteiger partial charge >= 0.3 is 6.09 Å². The Bertz CT molecular complexity index is 413. The first-order chi connectivity index (χ1) is 8.60. The predicted octanol–water partition coefficient (Wildman–Crippen LogP) is 0.325. The van der Waals surface area contributed by atoms with Crippen LogP contribution in [0.4, 0.5) is 10.6 Å². The summed E-state index contributed by atoms with van der Waals surface area (Å²) in [5.41, 5.74) is 0. The quantitative estimate of drug-likeness (QED) is 0.818. The molecule has 0 aliphatic rings. The topological polar surface area (TPSA) is 89.4 Å². The highest BCUT2D eigenvalue weighted by molar-refractivity contribution is 5.82. The third kappa shape index (κ3) is 3.72. The molecule has 8 heteroatoms. The maximum Gasteiger partial charge on any atom is 0.412 e. The van der Waals surface area contributed by atoms with Crippen molar-refractivity contribution in [3.05, 3.63) is 6.20 Å². The molecular formula is C10H17N5O3. The van der Waals surface area contributed by atoms with Crippen molar-refractivity contribution in [1.82, 2.24) is 19.9 Å². The molecule has 1 rings (SSSR count). The summed E-state index contributed by atoms with van der Waals surface area (Å²) in [6, 6.07) is 0. The SMILES string of the molecule is CCN(CC)C(=O)Cn1cc(NC(=O)OC)nn1. The van der Waals surface area contributed by atoms with Crippen LogP contribution in [0.15, 0.2) is 6.20 Å². The van der Waals surface area contributed by atoms with E-state index in [0.717, 1.165) is 0 Å². The van der Waals surface area contributed by atoms with Gasteiger partial charge < -0.3 is 9.64 Å². The minimum absolute atomic E-state index is 0.0467. The van der Waals surface area contributed by atoms with E-state index in [0.29, 0.717) is 13.1 Å². The standard InChI is InChI=1S/C10H17N5O3/c1-4-14(5-2)9(16)7-15-6-8(12-13-15)11-10(17)18-3/h6H,4-5,7H2,1-3H3,(H,11,17). The molecule has 1 aromatic heterocycles. The Kier molecular flexibility index (Phi) is 5.09. The first-order valence-corrected chi connectivity index (χ1v) is 5.63. The van der Waals surface area contributed by atoms with Crippen molar-refractivity contribution in [1.29, 1.82) is 0 Å². The first kappa shape index (κ1) is 13.9. The maximum atomic E-state index is 11.8. The number of nitrogens with one attached hydrogen (secondary N) is 1. The van der Waals surface area contributed by atoms with E-state index < -0.39 is 6.09 Å². The summed E-state index contributed by atoms with van der Waals surface area (Å²) < 4.78 is 5.78. The lowest BCUT2D eigenvalue weighted by atomic mass is 10.4. The van der Waals surface area contributed by atoms with E-state index in [1.165, 1.54) is 18.0 Å². The Balaban J connectivity index is 2.58. The van der Waals surface area contributed by atoms with E-state index in [9.17, 15) is 9.59 Å². The summed E-state index contributed by atoms with van der Waals surface area (Å²) in [5, 5.41) is 9.80. The van der Waals surface area contributed by atoms with Crippen molar-refractivity contribution in [2.75, 3.05) is 25.5 Å². The molecule has 0 atom stereocenters. The van der Waals surface area contributed by atoms with Crippen LogP contribution in [-0.4, -0.2) is 52.1 Å². The van der Waals surface area contributed by atoms with Gasteiger partial charge in [0.05, 0.1) is 13.3 Å². The van der Waals surface area contributed by atoms with Crippen LogP contribution in [-0.2, 0) is 16.1 Å². The Hall–Kier alpha value is -2.12. The molecule has 0 bridgehead atoms. The minimum atomic E-state index is -0.628. The zero-order valence-electron chi connectivity index (χ0n) is 10.7. The lowest BCUT2D eigenvalue weighted by molar-refractivity contribution is -0.131. The fourth-order valence-corrected chi connectivity index (χ4v) is 1.40. The van der Waals surface area contributed by atoms with E-state index in [1.807, 2.05) is 13.8 Å². The number of carbonyl (C=O) groups excluding carboxylic acids is 2.